The minimum atomic E-state index is -0.659. The molecule has 6 nitrogen and oxygen atoms in total. The van der Waals surface area contributed by atoms with Crippen LogP contribution in [-0.2, 0) is 21.0 Å². The molecule has 1 aliphatic rings. The second-order valence-corrected chi connectivity index (χ2v) is 7.12. The zero-order valence-electron chi connectivity index (χ0n) is 14.3. The van der Waals surface area contributed by atoms with Crippen molar-refractivity contribution in [2.45, 2.75) is 58.4 Å². The first-order valence-electron chi connectivity index (χ1n) is 7.62. The highest BCUT2D eigenvalue weighted by Crippen LogP contribution is 2.32. The highest BCUT2D eigenvalue weighted by Gasteiger charge is 2.56. The molecule has 1 atom stereocenters. The Morgan fingerprint density at radius 1 is 1.26 bits per heavy atom. The quantitative estimate of drug-likeness (QED) is 0.866. The van der Waals surface area contributed by atoms with E-state index in [2.05, 4.69) is 5.32 Å². The fourth-order valence-corrected chi connectivity index (χ4v) is 2.36. The van der Waals surface area contributed by atoms with Crippen LogP contribution in [0.25, 0.3) is 0 Å². The lowest BCUT2D eigenvalue weighted by Gasteiger charge is -2.51. The van der Waals surface area contributed by atoms with Crippen LogP contribution in [0.1, 0.15) is 40.2 Å². The van der Waals surface area contributed by atoms with Crippen LogP contribution in [0.4, 0.5) is 4.79 Å². The molecule has 1 fully saturated rings. The number of β-lactam (4-membered cyclic amide) rings is 1. The number of benzene rings is 1. The topological polar surface area (TPSA) is 67.9 Å². The van der Waals surface area contributed by atoms with Gasteiger partial charge in [-0.15, -0.1) is 0 Å². The summed E-state index contributed by atoms with van der Waals surface area (Å²) in [6.07, 6.45) is -0.605. The molecule has 0 bridgehead atoms. The lowest BCUT2D eigenvalue weighted by Crippen LogP contribution is -2.76. The van der Waals surface area contributed by atoms with E-state index in [0.717, 1.165) is 5.56 Å². The fourth-order valence-electron chi connectivity index (χ4n) is 2.36. The Bertz CT molecular complexity index is 578. The first-order chi connectivity index (χ1) is 10.6. The molecule has 0 spiro atoms. The predicted molar refractivity (Wildman–Crippen MR) is 85.3 cm³/mol. The molecule has 1 aromatic rings. The van der Waals surface area contributed by atoms with E-state index in [-0.39, 0.29) is 5.91 Å². The standard InChI is InChI=1S/C17H24N2O4/c1-16(2,3)23-15(21)18-13-14(20)19(17(13,4)5)22-11-12-9-7-6-8-10-12/h6-10,13H,11H2,1-5H3,(H,18,21)/t13-/m1/s1. The van der Waals surface area contributed by atoms with Crippen LogP contribution in [0.15, 0.2) is 30.3 Å². The summed E-state index contributed by atoms with van der Waals surface area (Å²) in [5, 5.41) is 3.92. The summed E-state index contributed by atoms with van der Waals surface area (Å²) in [5.74, 6) is -0.281. The predicted octanol–water partition coefficient (Wildman–Crippen LogP) is 2.63. The van der Waals surface area contributed by atoms with Gasteiger partial charge in [-0.1, -0.05) is 30.3 Å². The molecule has 1 aliphatic heterocycles. The third-order valence-electron chi connectivity index (χ3n) is 3.54. The molecule has 0 aromatic heterocycles. The summed E-state index contributed by atoms with van der Waals surface area (Å²) >= 11 is 0. The third kappa shape index (κ3) is 4.01. The Labute approximate surface area is 136 Å². The van der Waals surface area contributed by atoms with Crippen molar-refractivity contribution in [2.24, 2.45) is 0 Å². The van der Waals surface area contributed by atoms with Crippen molar-refractivity contribution < 1.29 is 19.2 Å². The summed E-state index contributed by atoms with van der Waals surface area (Å²) < 4.78 is 5.19. The van der Waals surface area contributed by atoms with E-state index in [1.165, 1.54) is 5.06 Å². The largest absolute Gasteiger partial charge is 0.444 e. The molecule has 2 rings (SSSR count). The summed E-state index contributed by atoms with van der Waals surface area (Å²) in [4.78, 5) is 29.7. The Morgan fingerprint density at radius 2 is 1.87 bits per heavy atom. The Hall–Kier alpha value is -2.08. The molecule has 0 saturated carbocycles. The maximum absolute atomic E-state index is 12.2. The molecular weight excluding hydrogens is 296 g/mol. The Kier molecular flexibility index (Phi) is 4.66. The van der Waals surface area contributed by atoms with Crippen LogP contribution < -0.4 is 5.32 Å². The molecule has 1 saturated heterocycles. The lowest BCUT2D eigenvalue weighted by atomic mass is 9.84. The first-order valence-corrected chi connectivity index (χ1v) is 7.62. The van der Waals surface area contributed by atoms with Crippen LogP contribution in [0.3, 0.4) is 0 Å². The molecule has 23 heavy (non-hydrogen) atoms. The summed E-state index contributed by atoms with van der Waals surface area (Å²) in [6, 6.07) is 8.93. The van der Waals surface area contributed by atoms with Crippen molar-refractivity contribution in [3.8, 4) is 0 Å². The maximum Gasteiger partial charge on any atom is 0.408 e. The summed E-state index contributed by atoms with van der Waals surface area (Å²) in [5.41, 5.74) is -0.271. The van der Waals surface area contributed by atoms with Crippen LogP contribution >= 0.6 is 0 Å². The molecule has 1 aromatic carbocycles. The highest BCUT2D eigenvalue weighted by atomic mass is 16.7. The van der Waals surface area contributed by atoms with Crippen molar-refractivity contribution in [2.75, 3.05) is 0 Å². The first kappa shape index (κ1) is 17.3. The second-order valence-electron chi connectivity index (χ2n) is 7.12. The minimum Gasteiger partial charge on any atom is -0.444 e. The van der Waals surface area contributed by atoms with Gasteiger partial charge in [0, 0.05) is 0 Å². The van der Waals surface area contributed by atoms with Crippen molar-refractivity contribution in [3.63, 3.8) is 0 Å². The SMILES string of the molecule is CC(C)(C)OC(=O)N[C@@H]1C(=O)N(OCc2ccccc2)C1(C)C. The van der Waals surface area contributed by atoms with Gasteiger partial charge in [-0.05, 0) is 40.2 Å². The zero-order chi connectivity index (χ0) is 17.3. The number of nitrogens with one attached hydrogen (secondary N) is 1. The molecule has 126 valence electrons. The summed E-state index contributed by atoms with van der Waals surface area (Å²) in [7, 11) is 0. The van der Waals surface area contributed by atoms with E-state index in [1.807, 2.05) is 44.2 Å². The van der Waals surface area contributed by atoms with E-state index < -0.39 is 23.3 Å². The number of hydrogen-bond donors (Lipinski definition) is 1. The number of hydroxylamine groups is 2. The van der Waals surface area contributed by atoms with Crippen molar-refractivity contribution in [1.82, 2.24) is 10.4 Å². The van der Waals surface area contributed by atoms with Crippen LogP contribution in [0.2, 0.25) is 0 Å². The van der Waals surface area contributed by atoms with E-state index in [0.29, 0.717) is 6.61 Å². The molecule has 0 unspecified atom stereocenters. The minimum absolute atomic E-state index is 0.281. The van der Waals surface area contributed by atoms with Crippen LogP contribution in [0.5, 0.6) is 0 Å². The van der Waals surface area contributed by atoms with E-state index in [4.69, 9.17) is 9.57 Å². The van der Waals surface area contributed by atoms with Gasteiger partial charge in [0.1, 0.15) is 18.2 Å². The van der Waals surface area contributed by atoms with Gasteiger partial charge in [0.25, 0.3) is 5.91 Å². The van der Waals surface area contributed by atoms with Gasteiger partial charge in [0.15, 0.2) is 0 Å². The van der Waals surface area contributed by atoms with Gasteiger partial charge in [0.05, 0.1) is 5.54 Å². The average Bonchev–Trinajstić information content (AvgIpc) is 2.44. The lowest BCUT2D eigenvalue weighted by molar-refractivity contribution is -0.263. The van der Waals surface area contributed by atoms with Crippen LogP contribution in [0, 0.1) is 0 Å². The molecule has 1 N–H and O–H groups in total. The molecule has 6 heteroatoms. The number of ether oxygens (including phenoxy) is 1. The van der Waals surface area contributed by atoms with Gasteiger partial charge in [-0.2, -0.15) is 0 Å². The fraction of sp³-hybridized carbons (Fsp3) is 0.529. The monoisotopic (exact) mass is 320 g/mol. The normalized spacial score (nSPS) is 20.0. The number of hydrogen-bond acceptors (Lipinski definition) is 4. The Balaban J connectivity index is 1.91. The number of rotatable bonds is 4. The second kappa shape index (κ2) is 6.20. The van der Waals surface area contributed by atoms with Gasteiger partial charge in [0.2, 0.25) is 0 Å². The van der Waals surface area contributed by atoms with Crippen LogP contribution in [-0.4, -0.2) is 34.2 Å². The molecule has 0 radical (unpaired) electrons. The summed E-state index contributed by atoms with van der Waals surface area (Å²) in [6.45, 7) is 9.29. The molecular formula is C17H24N2O4. The smallest absolute Gasteiger partial charge is 0.408 e. The van der Waals surface area contributed by atoms with Crippen molar-refractivity contribution >= 4 is 12.0 Å². The van der Waals surface area contributed by atoms with Gasteiger partial charge < -0.3 is 10.1 Å². The zero-order valence-corrected chi connectivity index (χ0v) is 14.3. The van der Waals surface area contributed by atoms with Gasteiger partial charge in [-0.25, -0.2) is 9.86 Å². The van der Waals surface area contributed by atoms with Crippen molar-refractivity contribution in [3.05, 3.63) is 35.9 Å². The number of carbonyl (C=O) groups is 2. The molecule has 0 aliphatic carbocycles. The van der Waals surface area contributed by atoms with Gasteiger partial charge >= 0.3 is 6.09 Å². The number of alkyl carbamates (subject to hydrolysis) is 1. The van der Waals surface area contributed by atoms with E-state index >= 15 is 0 Å². The molecule has 2 amide bonds. The van der Waals surface area contributed by atoms with Gasteiger partial charge in [-0.3, -0.25) is 9.63 Å². The maximum atomic E-state index is 12.2. The Morgan fingerprint density at radius 3 is 2.39 bits per heavy atom. The van der Waals surface area contributed by atoms with Crippen molar-refractivity contribution in [1.29, 1.82) is 0 Å². The van der Waals surface area contributed by atoms with E-state index in [9.17, 15) is 9.59 Å². The number of nitrogens with zero attached hydrogens (tertiary/aromatic N) is 1. The third-order valence-corrected chi connectivity index (χ3v) is 3.54. The number of amides is 2. The number of carbonyl (C=O) groups excluding carboxylic acids is 2. The highest BCUT2D eigenvalue weighted by molar-refractivity contribution is 5.92. The van der Waals surface area contributed by atoms with E-state index in [1.54, 1.807) is 20.8 Å². The average molecular weight is 320 g/mol. The molecule has 1 heterocycles.